The lowest BCUT2D eigenvalue weighted by atomic mass is 9.95. The molecular weight excluding hydrogens is 209 g/mol. The average Bonchev–Trinajstić information content (AvgIpc) is 2.29. The molecule has 4 heteroatoms. The summed E-state index contributed by atoms with van der Waals surface area (Å²) in [6.07, 6.45) is 1.40. The molecule has 1 amide bonds. The number of halogens is 1. The zero-order chi connectivity index (χ0) is 11.5. The van der Waals surface area contributed by atoms with Crippen LogP contribution in [-0.2, 0) is 9.59 Å². The molecule has 2 rings (SSSR count). The molecule has 1 aliphatic rings. The monoisotopic (exact) mass is 221 g/mol. The van der Waals surface area contributed by atoms with Crippen molar-refractivity contribution in [1.82, 2.24) is 4.90 Å². The molecule has 1 aromatic rings. The number of piperidine rings is 1. The number of carbonyl (C=O) groups excluding carboxylic acids is 2. The number of carbonyl (C=O) groups is 2. The lowest BCUT2D eigenvalue weighted by Gasteiger charge is -2.32. The third-order valence-corrected chi connectivity index (χ3v) is 2.84. The molecule has 0 N–H and O–H groups in total. The van der Waals surface area contributed by atoms with E-state index in [0.29, 0.717) is 18.5 Å². The second-order valence-corrected chi connectivity index (χ2v) is 3.91. The van der Waals surface area contributed by atoms with E-state index in [0.717, 1.165) is 6.41 Å². The van der Waals surface area contributed by atoms with Crippen molar-refractivity contribution >= 4 is 12.2 Å². The molecule has 1 unspecified atom stereocenters. The number of likely N-dealkylation sites (tertiary alicyclic amines) is 1. The average molecular weight is 221 g/mol. The molecule has 16 heavy (non-hydrogen) atoms. The van der Waals surface area contributed by atoms with Crippen LogP contribution in [0.25, 0.3) is 0 Å². The van der Waals surface area contributed by atoms with Crippen LogP contribution in [0.4, 0.5) is 4.39 Å². The number of nitrogens with zero attached hydrogens (tertiary/aromatic N) is 1. The van der Waals surface area contributed by atoms with Gasteiger partial charge in [0, 0.05) is 19.4 Å². The van der Waals surface area contributed by atoms with Crippen molar-refractivity contribution in [1.29, 1.82) is 0 Å². The highest BCUT2D eigenvalue weighted by molar-refractivity contribution is 5.81. The van der Waals surface area contributed by atoms with Gasteiger partial charge in [-0.1, -0.05) is 12.1 Å². The number of amides is 1. The zero-order valence-corrected chi connectivity index (χ0v) is 8.73. The van der Waals surface area contributed by atoms with Gasteiger partial charge in [0.05, 0.1) is 6.04 Å². The van der Waals surface area contributed by atoms with E-state index in [1.807, 2.05) is 0 Å². The minimum atomic E-state index is -0.346. The Morgan fingerprint density at radius 1 is 1.44 bits per heavy atom. The van der Waals surface area contributed by atoms with Crippen LogP contribution in [-0.4, -0.2) is 23.6 Å². The number of hydrogen-bond acceptors (Lipinski definition) is 2. The summed E-state index contributed by atoms with van der Waals surface area (Å²) in [5.74, 6) is -0.228. The lowest BCUT2D eigenvalue weighted by molar-refractivity contribution is -0.129. The van der Waals surface area contributed by atoms with E-state index in [4.69, 9.17) is 0 Å². The topological polar surface area (TPSA) is 37.4 Å². The van der Waals surface area contributed by atoms with E-state index in [9.17, 15) is 14.0 Å². The maximum Gasteiger partial charge on any atom is 0.210 e. The van der Waals surface area contributed by atoms with E-state index < -0.39 is 0 Å². The smallest absolute Gasteiger partial charge is 0.210 e. The third-order valence-electron chi connectivity index (χ3n) is 2.84. The fourth-order valence-electron chi connectivity index (χ4n) is 1.99. The number of benzene rings is 1. The van der Waals surface area contributed by atoms with Crippen molar-refractivity contribution in [2.75, 3.05) is 6.54 Å². The summed E-state index contributed by atoms with van der Waals surface area (Å²) in [5, 5.41) is 0. The molecule has 0 spiro atoms. The first-order valence-electron chi connectivity index (χ1n) is 5.19. The molecule has 84 valence electrons. The van der Waals surface area contributed by atoms with E-state index in [1.54, 1.807) is 17.0 Å². The maximum atomic E-state index is 13.1. The van der Waals surface area contributed by atoms with Gasteiger partial charge in [-0.05, 0) is 17.7 Å². The van der Waals surface area contributed by atoms with Gasteiger partial charge in [0.2, 0.25) is 6.41 Å². The van der Waals surface area contributed by atoms with Crippen LogP contribution in [0.1, 0.15) is 24.4 Å². The van der Waals surface area contributed by atoms with Gasteiger partial charge in [0.1, 0.15) is 11.6 Å². The van der Waals surface area contributed by atoms with Crippen LogP contribution < -0.4 is 0 Å². The first kappa shape index (κ1) is 10.8. The minimum absolute atomic E-state index is 0.118. The summed E-state index contributed by atoms with van der Waals surface area (Å²) in [7, 11) is 0. The fraction of sp³-hybridized carbons (Fsp3) is 0.333. The first-order valence-corrected chi connectivity index (χ1v) is 5.19. The molecule has 0 saturated carbocycles. The molecule has 1 fully saturated rings. The molecule has 0 aliphatic carbocycles. The van der Waals surface area contributed by atoms with Crippen LogP contribution in [0.3, 0.4) is 0 Å². The summed E-state index contributed by atoms with van der Waals surface area (Å²) >= 11 is 0. The van der Waals surface area contributed by atoms with E-state index in [-0.39, 0.29) is 24.1 Å². The molecule has 0 aromatic heterocycles. The number of rotatable bonds is 2. The Morgan fingerprint density at radius 2 is 2.25 bits per heavy atom. The van der Waals surface area contributed by atoms with Gasteiger partial charge in [-0.15, -0.1) is 0 Å². The second kappa shape index (κ2) is 4.43. The molecule has 1 heterocycles. The van der Waals surface area contributed by atoms with Gasteiger partial charge < -0.3 is 4.90 Å². The molecule has 3 nitrogen and oxygen atoms in total. The second-order valence-electron chi connectivity index (χ2n) is 3.91. The fourth-order valence-corrected chi connectivity index (χ4v) is 1.99. The van der Waals surface area contributed by atoms with Crippen LogP contribution in [0, 0.1) is 5.82 Å². The molecule has 1 atom stereocenters. The summed E-state index contributed by atoms with van der Waals surface area (Å²) in [6.45, 7) is 0.420. The predicted molar refractivity (Wildman–Crippen MR) is 56.2 cm³/mol. The summed E-state index contributed by atoms with van der Waals surface area (Å²) < 4.78 is 13.1. The number of Topliss-reactive ketones (excluding diaryl/α,β-unsaturated/α-hetero) is 1. The number of hydrogen-bond donors (Lipinski definition) is 0. The van der Waals surface area contributed by atoms with Crippen molar-refractivity contribution in [3.8, 4) is 0 Å². The highest BCUT2D eigenvalue weighted by atomic mass is 19.1. The Kier molecular flexibility index (Phi) is 2.99. The Labute approximate surface area is 92.9 Å². The van der Waals surface area contributed by atoms with Crippen molar-refractivity contribution in [3.05, 3.63) is 35.6 Å². The molecule has 0 bridgehead atoms. The maximum absolute atomic E-state index is 13.1. The Bertz CT molecular complexity index is 419. The van der Waals surface area contributed by atoms with E-state index in [1.165, 1.54) is 12.1 Å². The molecule has 1 aliphatic heterocycles. The van der Waals surface area contributed by atoms with Gasteiger partial charge in [-0.3, -0.25) is 9.59 Å². The van der Waals surface area contributed by atoms with Gasteiger partial charge >= 0.3 is 0 Å². The summed E-state index contributed by atoms with van der Waals surface area (Å²) in [6, 6.07) is 5.74. The van der Waals surface area contributed by atoms with Crippen molar-refractivity contribution < 1.29 is 14.0 Å². The standard InChI is InChI=1S/C12H12FNO2/c13-10-3-1-2-9(6-10)12-7-11(16)4-5-14(12)8-15/h1-3,6,8,12H,4-5,7H2. The third kappa shape index (κ3) is 2.10. The lowest BCUT2D eigenvalue weighted by Crippen LogP contribution is -2.36. The largest absolute Gasteiger partial charge is 0.337 e. The van der Waals surface area contributed by atoms with Crippen LogP contribution in [0.15, 0.2) is 24.3 Å². The SMILES string of the molecule is O=CN1CCC(=O)CC1c1cccc(F)c1. The van der Waals surface area contributed by atoms with Crippen molar-refractivity contribution in [2.45, 2.75) is 18.9 Å². The van der Waals surface area contributed by atoms with Crippen LogP contribution >= 0.6 is 0 Å². The van der Waals surface area contributed by atoms with Gasteiger partial charge in [-0.25, -0.2) is 4.39 Å². The van der Waals surface area contributed by atoms with Crippen LogP contribution in [0.2, 0.25) is 0 Å². The van der Waals surface area contributed by atoms with Crippen molar-refractivity contribution in [3.63, 3.8) is 0 Å². The van der Waals surface area contributed by atoms with E-state index >= 15 is 0 Å². The first-order chi connectivity index (χ1) is 7.70. The highest BCUT2D eigenvalue weighted by Crippen LogP contribution is 2.28. The minimum Gasteiger partial charge on any atom is -0.337 e. The normalized spacial score (nSPS) is 20.9. The molecule has 1 aromatic carbocycles. The zero-order valence-electron chi connectivity index (χ0n) is 8.73. The van der Waals surface area contributed by atoms with Gasteiger partial charge in [0.15, 0.2) is 0 Å². The molecular formula is C12H12FNO2. The van der Waals surface area contributed by atoms with Crippen molar-refractivity contribution in [2.24, 2.45) is 0 Å². The predicted octanol–water partition coefficient (Wildman–Crippen LogP) is 1.69. The molecule has 0 radical (unpaired) electrons. The van der Waals surface area contributed by atoms with Gasteiger partial charge in [0.25, 0.3) is 0 Å². The van der Waals surface area contributed by atoms with E-state index in [2.05, 4.69) is 0 Å². The van der Waals surface area contributed by atoms with Gasteiger partial charge in [-0.2, -0.15) is 0 Å². The molecule has 1 saturated heterocycles. The van der Waals surface area contributed by atoms with Crippen LogP contribution in [0.5, 0.6) is 0 Å². The summed E-state index contributed by atoms with van der Waals surface area (Å²) in [4.78, 5) is 23.8. The summed E-state index contributed by atoms with van der Waals surface area (Å²) in [5.41, 5.74) is 0.681. The Hall–Kier alpha value is -1.71. The number of ketones is 1. The quantitative estimate of drug-likeness (QED) is 0.712. The Morgan fingerprint density at radius 3 is 2.94 bits per heavy atom. The Balaban J connectivity index is 2.28. The highest BCUT2D eigenvalue weighted by Gasteiger charge is 2.27.